The second kappa shape index (κ2) is 7.75. The van der Waals surface area contributed by atoms with Gasteiger partial charge in [0.05, 0.1) is 25.1 Å². The number of amides is 1. The standard InChI is InChI=1S/C22H27N5O3/c1-3-17-18(15-11-24-25(2)12-15)10-19-21(17)20(4-5-23-19)26-6-8-27(9-7-26)22(28)30-16-13-29-14-16/h4-5,11-12,16H,3,6-10,13-14H2,1-2H3. The van der Waals surface area contributed by atoms with Crippen LogP contribution in [0.15, 0.2) is 24.7 Å². The van der Waals surface area contributed by atoms with Crippen LogP contribution in [0.25, 0.3) is 11.1 Å². The highest BCUT2D eigenvalue weighted by Gasteiger charge is 2.31. The summed E-state index contributed by atoms with van der Waals surface area (Å²) in [4.78, 5) is 21.2. The van der Waals surface area contributed by atoms with Gasteiger partial charge in [0.15, 0.2) is 6.10 Å². The van der Waals surface area contributed by atoms with Crippen molar-refractivity contribution >= 4 is 22.9 Å². The Balaban J connectivity index is 1.36. The van der Waals surface area contributed by atoms with Gasteiger partial charge in [-0.2, -0.15) is 5.10 Å². The number of carbonyl (C=O) groups excluding carboxylic acids is 1. The molecule has 0 saturated carbocycles. The molecule has 2 fully saturated rings. The minimum atomic E-state index is -0.226. The molecular formula is C22H27N5O3. The molecule has 5 rings (SSSR count). The predicted molar refractivity (Wildman–Crippen MR) is 113 cm³/mol. The first kappa shape index (κ1) is 19.1. The molecule has 3 aliphatic rings. The number of rotatable bonds is 4. The first-order valence-corrected chi connectivity index (χ1v) is 10.6. The smallest absolute Gasteiger partial charge is 0.410 e. The number of nitrogens with zero attached hydrogens (tertiary/aromatic N) is 5. The van der Waals surface area contributed by atoms with Gasteiger partial charge < -0.3 is 19.3 Å². The molecule has 0 radical (unpaired) electrons. The van der Waals surface area contributed by atoms with Crippen molar-refractivity contribution in [2.24, 2.45) is 7.05 Å². The van der Waals surface area contributed by atoms with Crippen LogP contribution in [0.4, 0.5) is 10.5 Å². The van der Waals surface area contributed by atoms with Gasteiger partial charge in [0.25, 0.3) is 0 Å². The number of aromatic nitrogens is 3. The van der Waals surface area contributed by atoms with Crippen molar-refractivity contribution in [2.75, 3.05) is 44.3 Å². The fourth-order valence-corrected chi connectivity index (χ4v) is 4.52. The summed E-state index contributed by atoms with van der Waals surface area (Å²) in [5, 5.41) is 4.36. The van der Waals surface area contributed by atoms with Crippen molar-refractivity contribution in [1.82, 2.24) is 19.7 Å². The molecule has 0 bridgehead atoms. The fraction of sp³-hybridized carbons (Fsp3) is 0.500. The number of hydrogen-bond donors (Lipinski definition) is 0. The number of hydrogen-bond acceptors (Lipinski definition) is 6. The van der Waals surface area contributed by atoms with Crippen molar-refractivity contribution in [1.29, 1.82) is 0 Å². The molecule has 8 heteroatoms. The third-order valence-electron chi connectivity index (χ3n) is 6.18. The quantitative estimate of drug-likeness (QED) is 0.772. The first-order chi connectivity index (χ1) is 14.6. The molecule has 158 valence electrons. The average molecular weight is 409 g/mol. The van der Waals surface area contributed by atoms with Crippen LogP contribution in [0.1, 0.15) is 30.2 Å². The number of piperazine rings is 1. The second-order valence-corrected chi connectivity index (χ2v) is 8.06. The Kier molecular flexibility index (Phi) is 4.94. The van der Waals surface area contributed by atoms with E-state index in [2.05, 4.69) is 29.2 Å². The lowest BCUT2D eigenvalue weighted by atomic mass is 9.99. The highest BCUT2D eigenvalue weighted by molar-refractivity contribution is 5.99. The summed E-state index contributed by atoms with van der Waals surface area (Å²) < 4.78 is 12.4. The maximum absolute atomic E-state index is 12.3. The van der Waals surface area contributed by atoms with Crippen LogP contribution >= 0.6 is 0 Å². The minimum Gasteiger partial charge on any atom is -0.441 e. The zero-order chi connectivity index (χ0) is 20.7. The SMILES string of the molecule is CCC1=C(c2cnn(C)c2)Cc2nccc(N3CCN(C(=O)OC4COC4)CC3)c21. The summed E-state index contributed by atoms with van der Waals surface area (Å²) in [6.07, 6.45) is 7.41. The minimum absolute atomic E-state index is 0.0813. The molecule has 2 saturated heterocycles. The van der Waals surface area contributed by atoms with E-state index in [0.717, 1.165) is 31.6 Å². The Labute approximate surface area is 176 Å². The topological polar surface area (TPSA) is 72.7 Å². The van der Waals surface area contributed by atoms with E-state index < -0.39 is 0 Å². The summed E-state index contributed by atoms with van der Waals surface area (Å²) >= 11 is 0. The van der Waals surface area contributed by atoms with Gasteiger partial charge in [-0.1, -0.05) is 6.92 Å². The summed E-state index contributed by atoms with van der Waals surface area (Å²) in [7, 11) is 1.95. The van der Waals surface area contributed by atoms with Crippen LogP contribution in [0.3, 0.4) is 0 Å². The molecule has 0 unspecified atom stereocenters. The Morgan fingerprint density at radius 1 is 1.27 bits per heavy atom. The van der Waals surface area contributed by atoms with Gasteiger partial charge in [-0.25, -0.2) is 4.79 Å². The lowest BCUT2D eigenvalue weighted by Crippen LogP contribution is -2.51. The van der Waals surface area contributed by atoms with E-state index in [9.17, 15) is 4.79 Å². The Morgan fingerprint density at radius 2 is 2.07 bits per heavy atom. The fourth-order valence-electron chi connectivity index (χ4n) is 4.52. The molecule has 2 aromatic rings. The van der Waals surface area contributed by atoms with E-state index in [-0.39, 0.29) is 12.2 Å². The molecule has 1 aliphatic carbocycles. The molecule has 1 amide bonds. The summed E-state index contributed by atoms with van der Waals surface area (Å²) in [5.74, 6) is 0. The van der Waals surface area contributed by atoms with Crippen LogP contribution < -0.4 is 4.90 Å². The molecule has 2 aliphatic heterocycles. The Hall–Kier alpha value is -2.87. The monoisotopic (exact) mass is 409 g/mol. The predicted octanol–water partition coefficient (Wildman–Crippen LogP) is 2.35. The van der Waals surface area contributed by atoms with Gasteiger partial charge in [0.1, 0.15) is 0 Å². The largest absolute Gasteiger partial charge is 0.441 e. The summed E-state index contributed by atoms with van der Waals surface area (Å²) in [5.41, 5.74) is 7.47. The molecule has 0 aromatic carbocycles. The molecule has 0 atom stereocenters. The highest BCUT2D eigenvalue weighted by Crippen LogP contribution is 2.43. The second-order valence-electron chi connectivity index (χ2n) is 8.06. The maximum atomic E-state index is 12.3. The third-order valence-corrected chi connectivity index (χ3v) is 6.18. The molecule has 0 spiro atoms. The van der Waals surface area contributed by atoms with Crippen LogP contribution in [-0.4, -0.2) is 71.3 Å². The molecule has 30 heavy (non-hydrogen) atoms. The van der Waals surface area contributed by atoms with Gasteiger partial charge >= 0.3 is 6.09 Å². The summed E-state index contributed by atoms with van der Waals surface area (Å²) in [6.45, 7) is 6.11. The molecule has 2 aromatic heterocycles. The van der Waals surface area contributed by atoms with Gasteiger partial charge in [-0.15, -0.1) is 0 Å². The lowest BCUT2D eigenvalue weighted by molar-refractivity contribution is -0.104. The van der Waals surface area contributed by atoms with E-state index >= 15 is 0 Å². The van der Waals surface area contributed by atoms with E-state index in [1.165, 1.54) is 28.0 Å². The Bertz CT molecular complexity index is 986. The molecule has 0 N–H and O–H groups in total. The Morgan fingerprint density at radius 3 is 2.70 bits per heavy atom. The number of fused-ring (bicyclic) bond motifs is 1. The number of pyridine rings is 1. The van der Waals surface area contributed by atoms with Gasteiger partial charge in [-0.3, -0.25) is 9.67 Å². The van der Waals surface area contributed by atoms with Gasteiger partial charge in [0.2, 0.25) is 0 Å². The van der Waals surface area contributed by atoms with Crippen molar-refractivity contribution in [3.63, 3.8) is 0 Å². The number of carbonyl (C=O) groups is 1. The maximum Gasteiger partial charge on any atom is 0.410 e. The van der Waals surface area contributed by atoms with Crippen molar-refractivity contribution in [3.05, 3.63) is 41.5 Å². The number of ether oxygens (including phenoxy) is 2. The third kappa shape index (κ3) is 3.35. The van der Waals surface area contributed by atoms with Gasteiger partial charge in [-0.05, 0) is 23.6 Å². The average Bonchev–Trinajstić information content (AvgIpc) is 3.33. The van der Waals surface area contributed by atoms with Crippen molar-refractivity contribution < 1.29 is 14.3 Å². The van der Waals surface area contributed by atoms with Crippen molar-refractivity contribution in [2.45, 2.75) is 25.9 Å². The van der Waals surface area contributed by atoms with Crippen molar-refractivity contribution in [3.8, 4) is 0 Å². The number of allylic oxidation sites excluding steroid dienone is 2. The first-order valence-electron chi connectivity index (χ1n) is 10.6. The zero-order valence-electron chi connectivity index (χ0n) is 17.5. The zero-order valence-corrected chi connectivity index (χ0v) is 17.5. The van der Waals surface area contributed by atoms with Gasteiger partial charge in [0, 0.05) is 68.9 Å². The van der Waals surface area contributed by atoms with E-state index in [0.29, 0.717) is 26.3 Å². The lowest BCUT2D eigenvalue weighted by Gasteiger charge is -2.37. The molecule has 4 heterocycles. The normalized spacial score (nSPS) is 19.1. The van der Waals surface area contributed by atoms with Crippen LogP contribution in [0.2, 0.25) is 0 Å². The van der Waals surface area contributed by atoms with Crippen LogP contribution in [0.5, 0.6) is 0 Å². The van der Waals surface area contributed by atoms with E-state index in [4.69, 9.17) is 14.5 Å². The van der Waals surface area contributed by atoms with Crippen LogP contribution in [-0.2, 0) is 22.9 Å². The molecular weight excluding hydrogens is 382 g/mol. The number of anilines is 1. The molecule has 8 nitrogen and oxygen atoms in total. The number of aryl methyl sites for hydroxylation is 1. The van der Waals surface area contributed by atoms with E-state index in [1.807, 2.05) is 24.1 Å². The van der Waals surface area contributed by atoms with E-state index in [1.54, 1.807) is 4.90 Å². The van der Waals surface area contributed by atoms with Crippen LogP contribution in [0, 0.1) is 0 Å². The summed E-state index contributed by atoms with van der Waals surface area (Å²) in [6, 6.07) is 2.11. The highest BCUT2D eigenvalue weighted by atomic mass is 16.6.